The zero-order valence-corrected chi connectivity index (χ0v) is 13.3. The van der Waals surface area contributed by atoms with Gasteiger partial charge in [0.25, 0.3) is 5.91 Å². The molecular formula is C15H14FN3O3S. The normalized spacial score (nSPS) is 18.0. The first-order valence-corrected chi connectivity index (χ1v) is 7.53. The molecule has 1 saturated heterocycles. The van der Waals surface area contributed by atoms with E-state index in [-0.39, 0.29) is 15.9 Å². The van der Waals surface area contributed by atoms with E-state index in [1.165, 1.54) is 19.4 Å². The molecule has 2 rings (SSSR count). The first-order chi connectivity index (χ1) is 11.0. The average Bonchev–Trinajstić information content (AvgIpc) is 2.88. The molecule has 1 amide bonds. The molecule has 1 aromatic rings. The van der Waals surface area contributed by atoms with Crippen LogP contribution in [0.5, 0.6) is 0 Å². The second-order valence-electron chi connectivity index (χ2n) is 4.45. The zero-order valence-electron chi connectivity index (χ0n) is 12.5. The topological polar surface area (TPSA) is 80.1 Å². The second-order valence-corrected chi connectivity index (χ2v) is 5.48. The van der Waals surface area contributed by atoms with Crippen LogP contribution in [0.2, 0.25) is 0 Å². The summed E-state index contributed by atoms with van der Waals surface area (Å²) >= 11 is 0.950. The van der Waals surface area contributed by atoms with Gasteiger partial charge in [-0.05, 0) is 29.8 Å². The lowest BCUT2D eigenvalue weighted by atomic mass is 10.1. The van der Waals surface area contributed by atoms with Crippen LogP contribution < -0.4 is 5.32 Å². The number of amidine groups is 1. The molecule has 0 unspecified atom stereocenters. The van der Waals surface area contributed by atoms with Gasteiger partial charge in [0.2, 0.25) is 0 Å². The summed E-state index contributed by atoms with van der Waals surface area (Å²) < 4.78 is 18.2. The van der Waals surface area contributed by atoms with Gasteiger partial charge in [0.05, 0.1) is 18.2 Å². The molecule has 1 aliphatic heterocycles. The van der Waals surface area contributed by atoms with Crippen LogP contribution in [0, 0.1) is 5.82 Å². The van der Waals surface area contributed by atoms with Crippen molar-refractivity contribution in [1.29, 1.82) is 0 Å². The van der Waals surface area contributed by atoms with E-state index in [0.717, 1.165) is 29.8 Å². The molecule has 0 aliphatic carbocycles. The predicted molar refractivity (Wildman–Crippen MR) is 86.6 cm³/mol. The molecule has 0 atom stereocenters. The Morgan fingerprint density at radius 3 is 2.91 bits per heavy atom. The van der Waals surface area contributed by atoms with E-state index in [9.17, 15) is 14.0 Å². The number of carbonyl (C=O) groups excluding carboxylic acids is 2. The maximum Gasteiger partial charge on any atom is 0.331 e. The number of thioether (sulfide) groups is 1. The number of hydrogen-bond acceptors (Lipinski definition) is 6. The van der Waals surface area contributed by atoms with Crippen molar-refractivity contribution in [2.75, 3.05) is 7.11 Å². The third-order valence-corrected chi connectivity index (χ3v) is 3.82. The van der Waals surface area contributed by atoms with Gasteiger partial charge in [0.1, 0.15) is 5.82 Å². The number of hydrogen-bond donors (Lipinski definition) is 1. The highest BCUT2D eigenvalue weighted by Gasteiger charge is 2.24. The average molecular weight is 335 g/mol. The van der Waals surface area contributed by atoms with Crippen molar-refractivity contribution in [2.45, 2.75) is 13.3 Å². The van der Waals surface area contributed by atoms with Gasteiger partial charge in [0.15, 0.2) is 5.17 Å². The number of methoxy groups -OCH3 is 1. The number of benzene rings is 1. The van der Waals surface area contributed by atoms with Crippen molar-refractivity contribution in [3.05, 3.63) is 46.1 Å². The standard InChI is InChI=1S/C15H14FN3O3S/c1-3-9-4-5-10(11(16)6-9)8-17-19-15-18-14(21)12(23-15)7-13(20)22-2/h4-8H,3H2,1-2H3,(H,18,19,21)/b12-7+,17-8?. The highest BCUT2D eigenvalue weighted by molar-refractivity contribution is 8.18. The molecule has 1 aliphatic rings. The molecule has 8 heteroatoms. The van der Waals surface area contributed by atoms with Crippen molar-refractivity contribution in [3.63, 3.8) is 0 Å². The first-order valence-electron chi connectivity index (χ1n) is 6.71. The van der Waals surface area contributed by atoms with Crippen molar-refractivity contribution >= 4 is 35.0 Å². The van der Waals surface area contributed by atoms with E-state index >= 15 is 0 Å². The summed E-state index contributed by atoms with van der Waals surface area (Å²) in [6.07, 6.45) is 3.07. The van der Waals surface area contributed by atoms with E-state index in [1.54, 1.807) is 12.1 Å². The number of halogens is 1. The summed E-state index contributed by atoms with van der Waals surface area (Å²) in [6, 6.07) is 4.86. The molecule has 23 heavy (non-hydrogen) atoms. The van der Waals surface area contributed by atoms with Gasteiger partial charge in [-0.1, -0.05) is 19.1 Å². The molecule has 1 heterocycles. The second kappa shape index (κ2) is 7.68. The largest absolute Gasteiger partial charge is 0.466 e. The van der Waals surface area contributed by atoms with E-state index in [0.29, 0.717) is 5.56 Å². The number of aryl methyl sites for hydroxylation is 1. The Hall–Kier alpha value is -2.48. The van der Waals surface area contributed by atoms with Crippen LogP contribution in [-0.2, 0) is 20.7 Å². The minimum absolute atomic E-state index is 0.157. The van der Waals surface area contributed by atoms with Crippen LogP contribution in [0.4, 0.5) is 4.39 Å². The van der Waals surface area contributed by atoms with Crippen molar-refractivity contribution in [3.8, 4) is 0 Å². The van der Waals surface area contributed by atoms with Crippen LogP contribution in [0.15, 0.2) is 39.4 Å². The van der Waals surface area contributed by atoms with Crippen molar-refractivity contribution in [1.82, 2.24) is 5.32 Å². The number of nitrogens with zero attached hydrogens (tertiary/aromatic N) is 2. The molecule has 0 saturated carbocycles. The Kier molecular flexibility index (Phi) is 5.64. The summed E-state index contributed by atoms with van der Waals surface area (Å²) in [4.78, 5) is 22.9. The summed E-state index contributed by atoms with van der Waals surface area (Å²) in [7, 11) is 1.22. The Bertz CT molecular complexity index is 729. The highest BCUT2D eigenvalue weighted by Crippen LogP contribution is 2.23. The highest BCUT2D eigenvalue weighted by atomic mass is 32.2. The Labute approximate surface area is 136 Å². The summed E-state index contributed by atoms with van der Waals surface area (Å²) in [6.45, 7) is 1.94. The number of esters is 1. The van der Waals surface area contributed by atoms with Crippen LogP contribution in [-0.4, -0.2) is 30.4 Å². The summed E-state index contributed by atoms with van der Waals surface area (Å²) in [5, 5.41) is 10.2. The predicted octanol–water partition coefficient (Wildman–Crippen LogP) is 2.00. The van der Waals surface area contributed by atoms with Crippen LogP contribution >= 0.6 is 11.8 Å². The number of nitrogens with one attached hydrogen (secondary N) is 1. The van der Waals surface area contributed by atoms with Gasteiger partial charge in [0, 0.05) is 11.6 Å². The van der Waals surface area contributed by atoms with E-state index in [4.69, 9.17) is 0 Å². The summed E-state index contributed by atoms with van der Waals surface area (Å²) in [5.41, 5.74) is 1.19. The number of amides is 1. The lowest BCUT2D eigenvalue weighted by Gasteiger charge is -1.99. The zero-order chi connectivity index (χ0) is 16.8. The maximum atomic E-state index is 13.8. The molecule has 1 N–H and O–H groups in total. The number of ether oxygens (including phenoxy) is 1. The van der Waals surface area contributed by atoms with Crippen LogP contribution in [0.3, 0.4) is 0 Å². The van der Waals surface area contributed by atoms with E-state index in [2.05, 4.69) is 20.3 Å². The SMILES string of the molecule is CCc1ccc(C=N/N=C2/NC(=O)/C(=C\C(=O)OC)S2)c(F)c1. The smallest absolute Gasteiger partial charge is 0.331 e. The Morgan fingerprint density at radius 2 is 2.26 bits per heavy atom. The van der Waals surface area contributed by atoms with Crippen molar-refractivity contribution in [2.24, 2.45) is 10.2 Å². The van der Waals surface area contributed by atoms with Crippen molar-refractivity contribution < 1.29 is 18.7 Å². The molecule has 1 fully saturated rings. The fourth-order valence-electron chi connectivity index (χ4n) is 1.68. The first kappa shape index (κ1) is 16.9. The monoisotopic (exact) mass is 335 g/mol. The molecule has 0 spiro atoms. The third kappa shape index (κ3) is 4.49. The Morgan fingerprint density at radius 1 is 1.48 bits per heavy atom. The summed E-state index contributed by atoms with van der Waals surface area (Å²) in [5.74, 6) is -1.49. The fourth-order valence-corrected chi connectivity index (χ4v) is 2.42. The molecule has 0 radical (unpaired) electrons. The van der Waals surface area contributed by atoms with E-state index < -0.39 is 11.9 Å². The molecule has 1 aromatic carbocycles. The number of rotatable bonds is 4. The minimum atomic E-state index is -0.634. The molecule has 0 aromatic heterocycles. The van der Waals surface area contributed by atoms with E-state index in [1.807, 2.05) is 6.92 Å². The lowest BCUT2D eigenvalue weighted by Crippen LogP contribution is -2.19. The van der Waals surface area contributed by atoms with Gasteiger partial charge in [-0.15, -0.1) is 5.10 Å². The third-order valence-electron chi connectivity index (χ3n) is 2.92. The minimum Gasteiger partial charge on any atom is -0.466 e. The molecular weight excluding hydrogens is 321 g/mol. The van der Waals surface area contributed by atoms with Gasteiger partial charge in [-0.2, -0.15) is 5.10 Å². The maximum absolute atomic E-state index is 13.8. The number of carbonyl (C=O) groups is 2. The van der Waals surface area contributed by atoms with Gasteiger partial charge in [-0.3, -0.25) is 10.1 Å². The Balaban J connectivity index is 2.08. The quantitative estimate of drug-likeness (QED) is 0.395. The molecule has 120 valence electrons. The fraction of sp³-hybridized carbons (Fsp3) is 0.200. The molecule has 6 nitrogen and oxygen atoms in total. The van der Waals surface area contributed by atoms with Crippen LogP contribution in [0.25, 0.3) is 0 Å². The van der Waals surface area contributed by atoms with Gasteiger partial charge >= 0.3 is 5.97 Å². The lowest BCUT2D eigenvalue weighted by molar-refractivity contribution is -0.135. The molecule has 0 bridgehead atoms. The van der Waals surface area contributed by atoms with Gasteiger partial charge < -0.3 is 4.74 Å². The van der Waals surface area contributed by atoms with Gasteiger partial charge in [-0.25, -0.2) is 9.18 Å². The van der Waals surface area contributed by atoms with Crippen LogP contribution in [0.1, 0.15) is 18.1 Å².